The fourth-order valence-electron chi connectivity index (χ4n) is 1.72. The van der Waals surface area contributed by atoms with Gasteiger partial charge in [-0.3, -0.25) is 14.9 Å². The Labute approximate surface area is 117 Å². The normalized spacial score (nSPS) is 10.1. The Hall–Kier alpha value is -2.56. The van der Waals surface area contributed by atoms with Gasteiger partial charge in [-0.2, -0.15) is 0 Å². The van der Waals surface area contributed by atoms with E-state index >= 15 is 0 Å². The summed E-state index contributed by atoms with van der Waals surface area (Å²) in [7, 11) is 0. The standard InChI is InChI=1S/C15H16N2O3/c1-3-11-4-6-12(7-5-11)17-15(19)13-8-9-14(20-13)16-10(2)18/h4-9H,3H2,1-2H3,(H,16,18)(H,17,19). The number of carbonyl (C=O) groups is 2. The van der Waals surface area contributed by atoms with E-state index in [2.05, 4.69) is 17.6 Å². The highest BCUT2D eigenvalue weighted by Crippen LogP contribution is 2.16. The lowest BCUT2D eigenvalue weighted by Crippen LogP contribution is -2.11. The second kappa shape index (κ2) is 6.06. The Kier molecular flexibility index (Phi) is 4.20. The van der Waals surface area contributed by atoms with Crippen LogP contribution in [0.25, 0.3) is 0 Å². The first-order chi connectivity index (χ1) is 9.58. The lowest BCUT2D eigenvalue weighted by molar-refractivity contribution is -0.114. The van der Waals surface area contributed by atoms with Crippen molar-refractivity contribution < 1.29 is 14.0 Å². The molecule has 2 N–H and O–H groups in total. The third kappa shape index (κ3) is 3.47. The second-order valence-corrected chi connectivity index (χ2v) is 4.35. The van der Waals surface area contributed by atoms with E-state index in [4.69, 9.17) is 4.42 Å². The molecule has 0 aliphatic heterocycles. The summed E-state index contributed by atoms with van der Waals surface area (Å²) in [6, 6.07) is 10.7. The minimum Gasteiger partial charge on any atom is -0.435 e. The molecule has 2 amide bonds. The van der Waals surface area contributed by atoms with Crippen molar-refractivity contribution in [3.63, 3.8) is 0 Å². The molecule has 0 aliphatic rings. The fraction of sp³-hybridized carbons (Fsp3) is 0.200. The maximum absolute atomic E-state index is 12.0. The highest BCUT2D eigenvalue weighted by molar-refractivity contribution is 6.02. The number of aryl methyl sites for hydroxylation is 1. The number of nitrogens with one attached hydrogen (secondary N) is 2. The number of hydrogen-bond donors (Lipinski definition) is 2. The van der Waals surface area contributed by atoms with Gasteiger partial charge in [0.15, 0.2) is 11.6 Å². The van der Waals surface area contributed by atoms with Gasteiger partial charge in [0.1, 0.15) is 0 Å². The summed E-state index contributed by atoms with van der Waals surface area (Å²) in [5, 5.41) is 5.20. The largest absolute Gasteiger partial charge is 0.435 e. The van der Waals surface area contributed by atoms with Crippen LogP contribution in [0.15, 0.2) is 40.8 Å². The Morgan fingerprint density at radius 3 is 2.35 bits per heavy atom. The molecule has 104 valence electrons. The van der Waals surface area contributed by atoms with Crippen LogP contribution in [0.5, 0.6) is 0 Å². The molecule has 20 heavy (non-hydrogen) atoms. The minimum absolute atomic E-state index is 0.147. The van der Waals surface area contributed by atoms with Gasteiger partial charge < -0.3 is 9.73 Å². The van der Waals surface area contributed by atoms with E-state index in [0.717, 1.165) is 6.42 Å². The molecule has 0 saturated carbocycles. The zero-order valence-electron chi connectivity index (χ0n) is 11.4. The maximum Gasteiger partial charge on any atom is 0.291 e. The zero-order chi connectivity index (χ0) is 14.5. The van der Waals surface area contributed by atoms with Gasteiger partial charge in [0.05, 0.1) is 0 Å². The van der Waals surface area contributed by atoms with E-state index in [0.29, 0.717) is 5.69 Å². The molecule has 1 aromatic heterocycles. The smallest absolute Gasteiger partial charge is 0.291 e. The molecule has 0 fully saturated rings. The number of carbonyl (C=O) groups excluding carboxylic acids is 2. The summed E-state index contributed by atoms with van der Waals surface area (Å²) in [6.07, 6.45) is 0.951. The highest BCUT2D eigenvalue weighted by Gasteiger charge is 2.12. The molecule has 5 heteroatoms. The first-order valence-corrected chi connectivity index (χ1v) is 6.36. The molecule has 0 aliphatic carbocycles. The van der Waals surface area contributed by atoms with Crippen LogP contribution in [0, 0.1) is 0 Å². The number of hydrogen-bond acceptors (Lipinski definition) is 3. The van der Waals surface area contributed by atoms with Crippen LogP contribution in [-0.2, 0) is 11.2 Å². The van der Waals surface area contributed by atoms with E-state index in [-0.39, 0.29) is 23.5 Å². The minimum atomic E-state index is -0.356. The third-order valence-electron chi connectivity index (χ3n) is 2.75. The van der Waals surface area contributed by atoms with Gasteiger partial charge in [0, 0.05) is 18.7 Å². The Morgan fingerprint density at radius 1 is 1.05 bits per heavy atom. The monoisotopic (exact) mass is 272 g/mol. The summed E-state index contributed by atoms with van der Waals surface area (Å²) in [4.78, 5) is 22.8. The average Bonchev–Trinajstić information content (AvgIpc) is 2.87. The molecule has 5 nitrogen and oxygen atoms in total. The van der Waals surface area contributed by atoms with Crippen LogP contribution in [0.4, 0.5) is 11.6 Å². The van der Waals surface area contributed by atoms with E-state index in [1.54, 1.807) is 0 Å². The van der Waals surface area contributed by atoms with Gasteiger partial charge in [-0.15, -0.1) is 0 Å². The highest BCUT2D eigenvalue weighted by atomic mass is 16.4. The van der Waals surface area contributed by atoms with Gasteiger partial charge >= 0.3 is 0 Å². The molecule has 0 saturated heterocycles. The molecule has 0 atom stereocenters. The lowest BCUT2D eigenvalue weighted by atomic mass is 10.1. The first kappa shape index (κ1) is 13.9. The second-order valence-electron chi connectivity index (χ2n) is 4.35. The predicted molar refractivity (Wildman–Crippen MR) is 76.8 cm³/mol. The average molecular weight is 272 g/mol. The van der Waals surface area contributed by atoms with Crippen LogP contribution in [0.1, 0.15) is 30.0 Å². The SMILES string of the molecule is CCc1ccc(NC(=O)c2ccc(NC(C)=O)o2)cc1. The van der Waals surface area contributed by atoms with Gasteiger partial charge in [0.25, 0.3) is 5.91 Å². The van der Waals surface area contributed by atoms with Gasteiger partial charge in [-0.25, -0.2) is 0 Å². The summed E-state index contributed by atoms with van der Waals surface area (Å²) in [5.41, 5.74) is 1.90. The molecule has 0 radical (unpaired) electrons. The van der Waals surface area contributed by atoms with Crippen LogP contribution < -0.4 is 10.6 Å². The van der Waals surface area contributed by atoms with Crippen LogP contribution in [0.3, 0.4) is 0 Å². The molecular weight excluding hydrogens is 256 g/mol. The molecule has 0 unspecified atom stereocenters. The van der Waals surface area contributed by atoms with Crippen LogP contribution >= 0.6 is 0 Å². The number of benzene rings is 1. The zero-order valence-corrected chi connectivity index (χ0v) is 11.4. The van der Waals surface area contributed by atoms with Crippen molar-refractivity contribution in [3.8, 4) is 0 Å². The Morgan fingerprint density at radius 2 is 1.75 bits per heavy atom. The van der Waals surface area contributed by atoms with Crippen molar-refractivity contribution in [2.75, 3.05) is 10.6 Å². The molecule has 2 aromatic rings. The summed E-state index contributed by atoms with van der Waals surface area (Å²) < 4.78 is 5.23. The Balaban J connectivity index is 2.03. The number of anilines is 2. The van der Waals surface area contributed by atoms with Gasteiger partial charge in [0.2, 0.25) is 5.91 Å². The lowest BCUT2D eigenvalue weighted by Gasteiger charge is -2.04. The topological polar surface area (TPSA) is 71.3 Å². The van der Waals surface area contributed by atoms with Crippen LogP contribution in [0.2, 0.25) is 0 Å². The summed E-state index contributed by atoms with van der Waals surface area (Å²) in [6.45, 7) is 3.44. The fourth-order valence-corrected chi connectivity index (χ4v) is 1.72. The molecule has 1 heterocycles. The first-order valence-electron chi connectivity index (χ1n) is 6.36. The number of furan rings is 1. The molecule has 0 bridgehead atoms. The number of rotatable bonds is 4. The predicted octanol–water partition coefficient (Wildman–Crippen LogP) is 3.05. The summed E-state index contributed by atoms with van der Waals surface area (Å²) in [5.74, 6) is -0.204. The van der Waals surface area contributed by atoms with Crippen molar-refractivity contribution in [2.24, 2.45) is 0 Å². The van der Waals surface area contributed by atoms with E-state index < -0.39 is 0 Å². The third-order valence-corrected chi connectivity index (χ3v) is 2.75. The molecule has 1 aromatic carbocycles. The van der Waals surface area contributed by atoms with Gasteiger partial charge in [-0.1, -0.05) is 19.1 Å². The van der Waals surface area contributed by atoms with Crippen molar-refractivity contribution in [2.45, 2.75) is 20.3 Å². The van der Waals surface area contributed by atoms with E-state index in [9.17, 15) is 9.59 Å². The van der Waals surface area contributed by atoms with Crippen LogP contribution in [-0.4, -0.2) is 11.8 Å². The number of amides is 2. The van der Waals surface area contributed by atoms with Crippen molar-refractivity contribution in [1.29, 1.82) is 0 Å². The van der Waals surface area contributed by atoms with Crippen molar-refractivity contribution >= 4 is 23.4 Å². The van der Waals surface area contributed by atoms with E-state index in [1.807, 2.05) is 24.3 Å². The van der Waals surface area contributed by atoms with Gasteiger partial charge in [-0.05, 0) is 30.2 Å². The maximum atomic E-state index is 12.0. The molecular formula is C15H16N2O3. The Bertz CT molecular complexity index is 614. The molecule has 0 spiro atoms. The van der Waals surface area contributed by atoms with E-state index in [1.165, 1.54) is 24.6 Å². The van der Waals surface area contributed by atoms with Crippen molar-refractivity contribution in [3.05, 3.63) is 47.7 Å². The summed E-state index contributed by atoms with van der Waals surface area (Å²) >= 11 is 0. The van der Waals surface area contributed by atoms with Crippen molar-refractivity contribution in [1.82, 2.24) is 0 Å². The molecule has 2 rings (SSSR count). The quantitative estimate of drug-likeness (QED) is 0.898.